The molecule has 1 saturated heterocycles. The molecule has 112 valence electrons. The van der Waals surface area contributed by atoms with Gasteiger partial charge in [0, 0.05) is 24.1 Å². The quantitative estimate of drug-likeness (QED) is 0.807. The van der Waals surface area contributed by atoms with Crippen molar-refractivity contribution in [3.05, 3.63) is 52.4 Å². The van der Waals surface area contributed by atoms with Gasteiger partial charge in [-0.2, -0.15) is 0 Å². The second kappa shape index (κ2) is 6.63. The first-order valence-electron chi connectivity index (χ1n) is 7.70. The van der Waals surface area contributed by atoms with Gasteiger partial charge in [-0.3, -0.25) is 4.90 Å². The number of aryl methyl sites for hydroxylation is 1. The molecule has 3 nitrogen and oxygen atoms in total. The van der Waals surface area contributed by atoms with Crippen LogP contribution in [0.2, 0.25) is 5.02 Å². The van der Waals surface area contributed by atoms with Crippen molar-refractivity contribution in [1.29, 1.82) is 0 Å². The molecule has 0 spiro atoms. The van der Waals surface area contributed by atoms with Gasteiger partial charge in [-0.25, -0.2) is 0 Å². The Kier molecular flexibility index (Phi) is 4.61. The predicted molar refractivity (Wildman–Crippen MR) is 84.3 cm³/mol. The maximum absolute atomic E-state index is 5.95. The fraction of sp³-hybridized carbons (Fsp3) is 0.471. The first kappa shape index (κ1) is 14.6. The normalized spacial score (nSPS) is 19.2. The Morgan fingerprint density at radius 2 is 2.14 bits per heavy atom. The largest absolute Gasteiger partial charge is 0.361 e. The van der Waals surface area contributed by atoms with Crippen molar-refractivity contribution >= 4 is 11.6 Å². The number of rotatable bonds is 5. The SMILES string of the molecule is CCCc1cc(C2CCCN2Cc2ccc(Cl)cc2)no1. The van der Waals surface area contributed by atoms with E-state index in [1.54, 1.807) is 0 Å². The second-order valence-electron chi connectivity index (χ2n) is 5.72. The Labute approximate surface area is 130 Å². The Bertz CT molecular complexity index is 579. The lowest BCUT2D eigenvalue weighted by Gasteiger charge is -2.22. The van der Waals surface area contributed by atoms with Crippen molar-refractivity contribution < 1.29 is 4.52 Å². The van der Waals surface area contributed by atoms with Gasteiger partial charge in [-0.05, 0) is 43.5 Å². The molecule has 1 fully saturated rings. The molecule has 0 N–H and O–H groups in total. The fourth-order valence-electron chi connectivity index (χ4n) is 3.02. The highest BCUT2D eigenvalue weighted by molar-refractivity contribution is 6.30. The van der Waals surface area contributed by atoms with E-state index in [1.165, 1.54) is 12.0 Å². The van der Waals surface area contributed by atoms with Gasteiger partial charge in [0.05, 0.1) is 6.04 Å². The minimum absolute atomic E-state index is 0.384. The van der Waals surface area contributed by atoms with Gasteiger partial charge in [-0.15, -0.1) is 0 Å². The molecule has 4 heteroatoms. The van der Waals surface area contributed by atoms with E-state index in [0.717, 1.165) is 48.8 Å². The number of nitrogens with zero attached hydrogens (tertiary/aromatic N) is 2. The van der Waals surface area contributed by atoms with E-state index >= 15 is 0 Å². The second-order valence-corrected chi connectivity index (χ2v) is 6.16. The van der Waals surface area contributed by atoms with Crippen LogP contribution < -0.4 is 0 Å². The van der Waals surface area contributed by atoms with Crippen LogP contribution in [0.3, 0.4) is 0 Å². The molecule has 21 heavy (non-hydrogen) atoms. The summed E-state index contributed by atoms with van der Waals surface area (Å²) in [4.78, 5) is 2.48. The van der Waals surface area contributed by atoms with E-state index in [0.29, 0.717) is 6.04 Å². The van der Waals surface area contributed by atoms with Crippen molar-refractivity contribution in [3.63, 3.8) is 0 Å². The highest BCUT2D eigenvalue weighted by Crippen LogP contribution is 2.33. The number of benzene rings is 1. The minimum atomic E-state index is 0.384. The Morgan fingerprint density at radius 1 is 1.33 bits per heavy atom. The molecule has 0 bridgehead atoms. The molecule has 1 aliphatic rings. The van der Waals surface area contributed by atoms with E-state index in [4.69, 9.17) is 16.1 Å². The Morgan fingerprint density at radius 3 is 2.90 bits per heavy atom. The van der Waals surface area contributed by atoms with Crippen LogP contribution in [0.25, 0.3) is 0 Å². The number of halogens is 1. The third-order valence-corrected chi connectivity index (χ3v) is 4.33. The summed E-state index contributed by atoms with van der Waals surface area (Å²) in [6.45, 7) is 4.21. The van der Waals surface area contributed by atoms with Crippen LogP contribution in [0.15, 0.2) is 34.9 Å². The van der Waals surface area contributed by atoms with Gasteiger partial charge in [-0.1, -0.05) is 35.8 Å². The maximum Gasteiger partial charge on any atom is 0.137 e. The van der Waals surface area contributed by atoms with Crippen LogP contribution in [0, 0.1) is 0 Å². The van der Waals surface area contributed by atoms with Crippen LogP contribution >= 0.6 is 11.6 Å². The average Bonchev–Trinajstić information content (AvgIpc) is 3.11. The van der Waals surface area contributed by atoms with Gasteiger partial charge in [0.15, 0.2) is 0 Å². The topological polar surface area (TPSA) is 29.3 Å². The van der Waals surface area contributed by atoms with E-state index in [1.807, 2.05) is 12.1 Å². The van der Waals surface area contributed by atoms with Gasteiger partial charge in [0.2, 0.25) is 0 Å². The highest BCUT2D eigenvalue weighted by Gasteiger charge is 2.28. The molecule has 3 rings (SSSR count). The van der Waals surface area contributed by atoms with Crippen molar-refractivity contribution in [2.45, 2.75) is 45.2 Å². The fourth-order valence-corrected chi connectivity index (χ4v) is 3.15. The predicted octanol–water partition coefficient (Wildman–Crippen LogP) is 4.62. The van der Waals surface area contributed by atoms with Gasteiger partial charge in [0.25, 0.3) is 0 Å². The Balaban J connectivity index is 1.70. The number of aromatic nitrogens is 1. The van der Waals surface area contributed by atoms with Gasteiger partial charge in [0.1, 0.15) is 11.5 Å². The highest BCUT2D eigenvalue weighted by atomic mass is 35.5. The third-order valence-electron chi connectivity index (χ3n) is 4.08. The van der Waals surface area contributed by atoms with Gasteiger partial charge < -0.3 is 4.52 Å². The van der Waals surface area contributed by atoms with Crippen molar-refractivity contribution in [3.8, 4) is 0 Å². The summed E-state index contributed by atoms with van der Waals surface area (Å²) >= 11 is 5.95. The van der Waals surface area contributed by atoms with Crippen molar-refractivity contribution in [2.75, 3.05) is 6.54 Å². The van der Waals surface area contributed by atoms with Crippen LogP contribution in [0.5, 0.6) is 0 Å². The summed E-state index contributed by atoms with van der Waals surface area (Å²) in [6, 6.07) is 10.6. The molecule has 2 heterocycles. The monoisotopic (exact) mass is 304 g/mol. The zero-order valence-corrected chi connectivity index (χ0v) is 13.1. The number of likely N-dealkylation sites (tertiary alicyclic amines) is 1. The van der Waals surface area contributed by atoms with Crippen LogP contribution in [0.1, 0.15) is 49.2 Å². The van der Waals surface area contributed by atoms with Gasteiger partial charge >= 0.3 is 0 Å². The third kappa shape index (κ3) is 3.47. The molecule has 0 saturated carbocycles. The lowest BCUT2D eigenvalue weighted by Crippen LogP contribution is -2.22. The molecule has 2 aromatic rings. The molecule has 1 aromatic heterocycles. The smallest absolute Gasteiger partial charge is 0.137 e. The number of hydrogen-bond donors (Lipinski definition) is 0. The standard InChI is InChI=1S/C17H21ClN2O/c1-2-4-15-11-16(19-21-15)17-5-3-10-20(17)12-13-6-8-14(18)9-7-13/h6-9,11,17H,2-5,10,12H2,1H3. The van der Waals surface area contributed by atoms with E-state index < -0.39 is 0 Å². The lowest BCUT2D eigenvalue weighted by atomic mass is 10.1. The Hall–Kier alpha value is -1.32. The summed E-state index contributed by atoms with van der Waals surface area (Å²) in [7, 11) is 0. The molecule has 1 unspecified atom stereocenters. The number of hydrogen-bond acceptors (Lipinski definition) is 3. The molecule has 0 aliphatic carbocycles. The van der Waals surface area contributed by atoms with E-state index in [-0.39, 0.29) is 0 Å². The summed E-state index contributed by atoms with van der Waals surface area (Å²) in [5, 5.41) is 5.07. The van der Waals surface area contributed by atoms with Crippen LogP contribution in [0.4, 0.5) is 0 Å². The van der Waals surface area contributed by atoms with Crippen LogP contribution in [-0.2, 0) is 13.0 Å². The zero-order valence-electron chi connectivity index (χ0n) is 12.4. The van der Waals surface area contributed by atoms with E-state index in [9.17, 15) is 0 Å². The summed E-state index contributed by atoms with van der Waals surface area (Å²) in [6.07, 6.45) is 4.44. The molecular formula is C17H21ClN2O. The summed E-state index contributed by atoms with van der Waals surface area (Å²) in [5.41, 5.74) is 2.38. The first-order valence-corrected chi connectivity index (χ1v) is 8.08. The average molecular weight is 305 g/mol. The first-order chi connectivity index (χ1) is 10.3. The van der Waals surface area contributed by atoms with E-state index in [2.05, 4.69) is 35.2 Å². The molecule has 0 radical (unpaired) electrons. The van der Waals surface area contributed by atoms with Crippen molar-refractivity contribution in [2.24, 2.45) is 0 Å². The minimum Gasteiger partial charge on any atom is -0.361 e. The summed E-state index contributed by atoms with van der Waals surface area (Å²) in [5.74, 6) is 1.01. The molecular weight excluding hydrogens is 284 g/mol. The molecule has 1 aromatic carbocycles. The maximum atomic E-state index is 5.95. The molecule has 1 aliphatic heterocycles. The summed E-state index contributed by atoms with van der Waals surface area (Å²) < 4.78 is 5.44. The molecule has 1 atom stereocenters. The molecule has 0 amide bonds. The van der Waals surface area contributed by atoms with Crippen LogP contribution in [-0.4, -0.2) is 16.6 Å². The zero-order chi connectivity index (χ0) is 14.7. The lowest BCUT2D eigenvalue weighted by molar-refractivity contribution is 0.236. The van der Waals surface area contributed by atoms with Crippen molar-refractivity contribution in [1.82, 2.24) is 10.1 Å².